The van der Waals surface area contributed by atoms with Gasteiger partial charge in [0.15, 0.2) is 0 Å². The number of nitrogens with zero attached hydrogens (tertiary/aromatic N) is 4. The Bertz CT molecular complexity index is 593. The molecule has 1 amide bonds. The lowest BCUT2D eigenvalue weighted by Crippen LogP contribution is -2.38. The molecule has 1 atom stereocenters. The third-order valence-corrected chi connectivity index (χ3v) is 4.57. The first-order valence-electron chi connectivity index (χ1n) is 7.38. The highest BCUT2D eigenvalue weighted by molar-refractivity contribution is 7.07. The second-order valence-corrected chi connectivity index (χ2v) is 6.32. The Balaban J connectivity index is 1.56. The maximum absolute atomic E-state index is 12.4. The summed E-state index contributed by atoms with van der Waals surface area (Å²) in [5.74, 6) is 0.245. The lowest BCUT2D eigenvalue weighted by atomic mass is 10.2. The van der Waals surface area contributed by atoms with E-state index in [0.717, 1.165) is 43.6 Å². The quantitative estimate of drug-likeness (QED) is 0.851. The lowest BCUT2D eigenvalue weighted by molar-refractivity contribution is -0.132. The van der Waals surface area contributed by atoms with Gasteiger partial charge in [-0.3, -0.25) is 9.48 Å². The molecule has 1 aliphatic rings. The molecule has 3 rings (SSSR count). The first-order chi connectivity index (χ1) is 10.2. The summed E-state index contributed by atoms with van der Waals surface area (Å²) in [5, 5.41) is 6.34. The van der Waals surface area contributed by atoms with Crippen molar-refractivity contribution in [2.75, 3.05) is 6.54 Å². The van der Waals surface area contributed by atoms with Crippen molar-refractivity contribution >= 4 is 17.2 Å². The molecule has 0 radical (unpaired) electrons. The predicted octanol–water partition coefficient (Wildman–Crippen LogP) is 2.27. The molecule has 3 heterocycles. The molecule has 2 aromatic rings. The molecule has 21 heavy (non-hydrogen) atoms. The number of amides is 1. The third kappa shape index (κ3) is 3.50. The molecular weight excluding hydrogens is 284 g/mol. The summed E-state index contributed by atoms with van der Waals surface area (Å²) in [4.78, 5) is 18.7. The molecular formula is C15H20N4OS. The van der Waals surface area contributed by atoms with Gasteiger partial charge in [0.25, 0.3) is 0 Å². The molecule has 0 aromatic carbocycles. The molecule has 1 saturated heterocycles. The highest BCUT2D eigenvalue weighted by Crippen LogP contribution is 2.20. The van der Waals surface area contributed by atoms with Crippen LogP contribution in [-0.2, 0) is 17.8 Å². The third-order valence-electron chi connectivity index (χ3n) is 3.94. The molecule has 2 aromatic heterocycles. The Hall–Kier alpha value is -1.69. The van der Waals surface area contributed by atoms with Crippen LogP contribution in [0.1, 0.15) is 30.5 Å². The number of rotatable bonds is 5. The zero-order valence-electron chi connectivity index (χ0n) is 12.2. The van der Waals surface area contributed by atoms with Gasteiger partial charge >= 0.3 is 0 Å². The first-order valence-corrected chi connectivity index (χ1v) is 8.32. The lowest BCUT2D eigenvalue weighted by Gasteiger charge is -2.24. The van der Waals surface area contributed by atoms with Gasteiger partial charge in [0, 0.05) is 24.5 Å². The molecule has 1 unspecified atom stereocenters. The van der Waals surface area contributed by atoms with E-state index in [-0.39, 0.29) is 11.9 Å². The van der Waals surface area contributed by atoms with Gasteiger partial charge in [-0.1, -0.05) is 0 Å². The maximum Gasteiger partial charge on any atom is 0.223 e. The van der Waals surface area contributed by atoms with E-state index in [2.05, 4.69) is 10.1 Å². The van der Waals surface area contributed by atoms with Gasteiger partial charge in [-0.2, -0.15) is 5.10 Å². The van der Waals surface area contributed by atoms with Crippen LogP contribution < -0.4 is 0 Å². The Labute approximate surface area is 128 Å². The largest absolute Gasteiger partial charge is 0.338 e. The van der Waals surface area contributed by atoms with Crippen molar-refractivity contribution < 1.29 is 4.79 Å². The minimum absolute atomic E-state index is 0.245. The van der Waals surface area contributed by atoms with E-state index in [0.29, 0.717) is 6.42 Å². The highest BCUT2D eigenvalue weighted by Gasteiger charge is 2.28. The topological polar surface area (TPSA) is 51.0 Å². The van der Waals surface area contributed by atoms with Crippen molar-refractivity contribution in [2.24, 2.45) is 0 Å². The Morgan fingerprint density at radius 1 is 1.52 bits per heavy atom. The Morgan fingerprint density at radius 3 is 3.14 bits per heavy atom. The van der Waals surface area contributed by atoms with Crippen LogP contribution in [0.2, 0.25) is 0 Å². The zero-order chi connectivity index (χ0) is 14.7. The number of likely N-dealkylation sites (tertiary alicyclic amines) is 1. The predicted molar refractivity (Wildman–Crippen MR) is 82.1 cm³/mol. The van der Waals surface area contributed by atoms with E-state index >= 15 is 0 Å². The molecule has 5 nitrogen and oxygen atoms in total. The number of hydrogen-bond donors (Lipinski definition) is 0. The molecule has 0 saturated carbocycles. The second kappa shape index (κ2) is 6.39. The van der Waals surface area contributed by atoms with Crippen molar-refractivity contribution in [1.29, 1.82) is 0 Å². The highest BCUT2D eigenvalue weighted by atomic mass is 32.1. The standard InChI is InChI=1S/C15H20N4OS/c1-12-7-17-18(8-12)9-14-3-2-6-19(14)15(20)5-4-13-10-21-11-16-13/h7-8,10-11,14H,2-6,9H2,1H3. The SMILES string of the molecule is Cc1cnn(CC2CCCN2C(=O)CCc2cscn2)c1. The fraction of sp³-hybridized carbons (Fsp3) is 0.533. The first kappa shape index (κ1) is 14.3. The van der Waals surface area contributed by atoms with Crippen LogP contribution in [0.5, 0.6) is 0 Å². The van der Waals surface area contributed by atoms with Crippen LogP contribution in [0.4, 0.5) is 0 Å². The van der Waals surface area contributed by atoms with Gasteiger partial charge in [0.05, 0.1) is 30.0 Å². The van der Waals surface area contributed by atoms with Gasteiger partial charge in [0.2, 0.25) is 5.91 Å². The smallest absolute Gasteiger partial charge is 0.223 e. The van der Waals surface area contributed by atoms with E-state index in [9.17, 15) is 4.79 Å². The fourth-order valence-electron chi connectivity index (χ4n) is 2.88. The average Bonchev–Trinajstić information content (AvgIpc) is 3.19. The van der Waals surface area contributed by atoms with Crippen LogP contribution in [0.15, 0.2) is 23.3 Å². The van der Waals surface area contributed by atoms with E-state index < -0.39 is 0 Å². The van der Waals surface area contributed by atoms with Gasteiger partial charge in [-0.15, -0.1) is 11.3 Å². The summed E-state index contributed by atoms with van der Waals surface area (Å²) in [5.41, 5.74) is 4.00. The molecule has 0 spiro atoms. The molecule has 0 N–H and O–H groups in total. The number of aromatic nitrogens is 3. The number of carbonyl (C=O) groups is 1. The fourth-order valence-corrected chi connectivity index (χ4v) is 3.47. The number of thiazole rings is 1. The van der Waals surface area contributed by atoms with Gasteiger partial charge in [0.1, 0.15) is 0 Å². The van der Waals surface area contributed by atoms with Crippen molar-refractivity contribution in [1.82, 2.24) is 19.7 Å². The van der Waals surface area contributed by atoms with Crippen molar-refractivity contribution in [3.63, 3.8) is 0 Å². The molecule has 1 fully saturated rings. The van der Waals surface area contributed by atoms with Crippen molar-refractivity contribution in [3.05, 3.63) is 34.5 Å². The van der Waals surface area contributed by atoms with Crippen LogP contribution in [0.25, 0.3) is 0 Å². The Morgan fingerprint density at radius 2 is 2.43 bits per heavy atom. The van der Waals surface area contributed by atoms with E-state index in [1.807, 2.05) is 39.8 Å². The van der Waals surface area contributed by atoms with E-state index in [1.165, 1.54) is 0 Å². The summed E-state index contributed by atoms with van der Waals surface area (Å²) < 4.78 is 1.95. The summed E-state index contributed by atoms with van der Waals surface area (Å²) in [6, 6.07) is 0.284. The minimum atomic E-state index is 0.245. The molecule has 1 aliphatic heterocycles. The summed E-state index contributed by atoms with van der Waals surface area (Å²) in [6.07, 6.45) is 7.36. The zero-order valence-corrected chi connectivity index (χ0v) is 13.1. The monoisotopic (exact) mass is 304 g/mol. The second-order valence-electron chi connectivity index (χ2n) is 5.60. The van der Waals surface area contributed by atoms with Gasteiger partial charge in [-0.05, 0) is 31.7 Å². The number of aryl methyl sites for hydroxylation is 2. The van der Waals surface area contributed by atoms with Gasteiger partial charge in [-0.25, -0.2) is 4.98 Å². The molecule has 112 valence electrons. The maximum atomic E-state index is 12.4. The van der Waals surface area contributed by atoms with E-state index in [4.69, 9.17) is 0 Å². The van der Waals surface area contributed by atoms with Gasteiger partial charge < -0.3 is 4.90 Å². The summed E-state index contributed by atoms with van der Waals surface area (Å²) in [7, 11) is 0. The van der Waals surface area contributed by atoms with Crippen LogP contribution in [-0.4, -0.2) is 38.2 Å². The normalized spacial score (nSPS) is 18.3. The minimum Gasteiger partial charge on any atom is -0.338 e. The molecule has 0 bridgehead atoms. The van der Waals surface area contributed by atoms with Crippen molar-refractivity contribution in [2.45, 2.75) is 45.2 Å². The Kier molecular flexibility index (Phi) is 4.34. The summed E-state index contributed by atoms with van der Waals surface area (Å²) >= 11 is 1.58. The van der Waals surface area contributed by atoms with Crippen LogP contribution in [0, 0.1) is 6.92 Å². The summed E-state index contributed by atoms with van der Waals surface area (Å²) in [6.45, 7) is 3.71. The van der Waals surface area contributed by atoms with Crippen LogP contribution in [0.3, 0.4) is 0 Å². The van der Waals surface area contributed by atoms with Crippen LogP contribution >= 0.6 is 11.3 Å². The molecule has 0 aliphatic carbocycles. The van der Waals surface area contributed by atoms with E-state index in [1.54, 1.807) is 11.3 Å². The average molecular weight is 304 g/mol. The van der Waals surface area contributed by atoms with Crippen molar-refractivity contribution in [3.8, 4) is 0 Å². The number of hydrogen-bond acceptors (Lipinski definition) is 4. The molecule has 6 heteroatoms. The number of carbonyl (C=O) groups excluding carboxylic acids is 1.